The standard InChI is InChI=1S/C17H16O/c1-2-15(13-8-4-3-5-9-13)17-12-14-10-6-7-11-16(14)18-17/h3-12,15H,2H2,1H3/t15-/m1/s1. The van der Waals surface area contributed by atoms with Crippen LogP contribution in [0.4, 0.5) is 0 Å². The Bertz CT molecular complexity index is 604. The molecule has 1 nitrogen and oxygen atoms in total. The SMILES string of the molecule is CC[C@H](c1ccccc1)c1cc2ccccc2o1. The van der Waals surface area contributed by atoms with Crippen molar-refractivity contribution in [1.82, 2.24) is 0 Å². The smallest absolute Gasteiger partial charge is 0.134 e. The molecule has 1 atom stereocenters. The Morgan fingerprint density at radius 3 is 2.39 bits per heavy atom. The molecule has 0 aliphatic rings. The topological polar surface area (TPSA) is 13.1 Å². The van der Waals surface area contributed by atoms with Crippen molar-refractivity contribution < 1.29 is 4.42 Å². The van der Waals surface area contributed by atoms with Crippen LogP contribution in [-0.4, -0.2) is 0 Å². The van der Waals surface area contributed by atoms with E-state index in [-0.39, 0.29) is 0 Å². The summed E-state index contributed by atoms with van der Waals surface area (Å²) >= 11 is 0. The fraction of sp³-hybridized carbons (Fsp3) is 0.176. The van der Waals surface area contributed by atoms with Crippen molar-refractivity contribution in [2.75, 3.05) is 0 Å². The molecule has 0 aliphatic heterocycles. The molecule has 0 bridgehead atoms. The molecule has 90 valence electrons. The molecule has 18 heavy (non-hydrogen) atoms. The van der Waals surface area contributed by atoms with Crippen LogP contribution in [0.5, 0.6) is 0 Å². The molecule has 0 aliphatic carbocycles. The molecule has 0 radical (unpaired) electrons. The van der Waals surface area contributed by atoms with E-state index >= 15 is 0 Å². The van der Waals surface area contributed by atoms with Gasteiger partial charge in [0.15, 0.2) is 0 Å². The molecule has 0 amide bonds. The average molecular weight is 236 g/mol. The van der Waals surface area contributed by atoms with Gasteiger partial charge in [0.25, 0.3) is 0 Å². The Morgan fingerprint density at radius 1 is 0.944 bits per heavy atom. The molecule has 0 fully saturated rings. The van der Waals surface area contributed by atoms with Gasteiger partial charge in [0.2, 0.25) is 0 Å². The average Bonchev–Trinajstić information content (AvgIpc) is 2.84. The molecule has 0 spiro atoms. The highest BCUT2D eigenvalue weighted by atomic mass is 16.3. The van der Waals surface area contributed by atoms with Crippen LogP contribution >= 0.6 is 0 Å². The lowest BCUT2D eigenvalue weighted by Crippen LogP contribution is -1.97. The highest BCUT2D eigenvalue weighted by molar-refractivity contribution is 5.78. The minimum Gasteiger partial charge on any atom is -0.460 e. The van der Waals surface area contributed by atoms with Crippen molar-refractivity contribution in [2.24, 2.45) is 0 Å². The molecule has 2 aromatic carbocycles. The van der Waals surface area contributed by atoms with Crippen molar-refractivity contribution in [3.8, 4) is 0 Å². The molecular formula is C17H16O. The largest absolute Gasteiger partial charge is 0.460 e. The van der Waals surface area contributed by atoms with E-state index in [2.05, 4.69) is 49.4 Å². The summed E-state index contributed by atoms with van der Waals surface area (Å²) in [7, 11) is 0. The Hall–Kier alpha value is -2.02. The lowest BCUT2D eigenvalue weighted by atomic mass is 9.94. The number of fused-ring (bicyclic) bond motifs is 1. The van der Waals surface area contributed by atoms with Gasteiger partial charge in [-0.1, -0.05) is 55.5 Å². The minimum absolute atomic E-state index is 0.346. The number of furan rings is 1. The van der Waals surface area contributed by atoms with Crippen molar-refractivity contribution >= 4 is 11.0 Å². The first kappa shape index (κ1) is 11.1. The molecule has 0 saturated heterocycles. The van der Waals surface area contributed by atoms with Gasteiger partial charge in [0.1, 0.15) is 11.3 Å². The Morgan fingerprint density at radius 2 is 1.67 bits per heavy atom. The second-order valence-electron chi connectivity index (χ2n) is 4.56. The monoisotopic (exact) mass is 236 g/mol. The molecule has 3 rings (SSSR count). The summed E-state index contributed by atoms with van der Waals surface area (Å²) in [5.41, 5.74) is 2.29. The van der Waals surface area contributed by atoms with Gasteiger partial charge in [-0.05, 0) is 24.1 Å². The summed E-state index contributed by atoms with van der Waals surface area (Å²) in [5.74, 6) is 1.41. The maximum atomic E-state index is 5.98. The van der Waals surface area contributed by atoms with Crippen LogP contribution in [0.25, 0.3) is 11.0 Å². The van der Waals surface area contributed by atoms with Crippen molar-refractivity contribution in [3.05, 3.63) is 72.0 Å². The lowest BCUT2D eigenvalue weighted by Gasteiger charge is -2.11. The maximum absolute atomic E-state index is 5.98. The molecule has 0 unspecified atom stereocenters. The van der Waals surface area contributed by atoms with Crippen LogP contribution in [0.1, 0.15) is 30.6 Å². The molecule has 0 saturated carbocycles. The van der Waals surface area contributed by atoms with Crippen molar-refractivity contribution in [2.45, 2.75) is 19.3 Å². The molecule has 1 heterocycles. The van der Waals surface area contributed by atoms with E-state index in [0.717, 1.165) is 17.8 Å². The van der Waals surface area contributed by atoms with Gasteiger partial charge < -0.3 is 4.42 Å². The van der Waals surface area contributed by atoms with Gasteiger partial charge in [-0.2, -0.15) is 0 Å². The van der Waals surface area contributed by atoms with Gasteiger partial charge in [0.05, 0.1) is 0 Å². The normalized spacial score (nSPS) is 12.7. The van der Waals surface area contributed by atoms with Crippen LogP contribution in [0.15, 0.2) is 65.1 Å². The van der Waals surface area contributed by atoms with Crippen LogP contribution in [0.3, 0.4) is 0 Å². The lowest BCUT2D eigenvalue weighted by molar-refractivity contribution is 0.513. The second kappa shape index (κ2) is 4.69. The fourth-order valence-electron chi connectivity index (χ4n) is 2.46. The quantitative estimate of drug-likeness (QED) is 0.625. The summed E-state index contributed by atoms with van der Waals surface area (Å²) in [6, 6.07) is 20.9. The maximum Gasteiger partial charge on any atom is 0.134 e. The van der Waals surface area contributed by atoms with Crippen molar-refractivity contribution in [1.29, 1.82) is 0 Å². The number of rotatable bonds is 3. The first-order valence-corrected chi connectivity index (χ1v) is 6.42. The highest BCUT2D eigenvalue weighted by Crippen LogP contribution is 2.31. The highest BCUT2D eigenvalue weighted by Gasteiger charge is 2.16. The van der Waals surface area contributed by atoms with Crippen LogP contribution < -0.4 is 0 Å². The third-order valence-electron chi connectivity index (χ3n) is 3.40. The zero-order valence-corrected chi connectivity index (χ0v) is 10.5. The number of hydrogen-bond acceptors (Lipinski definition) is 1. The van der Waals surface area contributed by atoms with E-state index in [1.807, 2.05) is 18.2 Å². The summed E-state index contributed by atoms with van der Waals surface area (Å²) < 4.78 is 5.98. The first-order chi connectivity index (χ1) is 8.88. The van der Waals surface area contributed by atoms with Crippen molar-refractivity contribution in [3.63, 3.8) is 0 Å². The minimum atomic E-state index is 0.346. The zero-order chi connectivity index (χ0) is 12.4. The van der Waals surface area contributed by atoms with E-state index in [0.29, 0.717) is 5.92 Å². The Balaban J connectivity index is 2.06. The van der Waals surface area contributed by atoms with Crippen LogP contribution in [0, 0.1) is 0 Å². The molecular weight excluding hydrogens is 220 g/mol. The molecule has 1 heteroatoms. The van der Waals surface area contributed by atoms with Crippen LogP contribution in [0.2, 0.25) is 0 Å². The fourth-order valence-corrected chi connectivity index (χ4v) is 2.46. The summed E-state index contributed by atoms with van der Waals surface area (Å²) in [6.07, 6.45) is 1.05. The second-order valence-corrected chi connectivity index (χ2v) is 4.56. The third-order valence-corrected chi connectivity index (χ3v) is 3.40. The Kier molecular flexibility index (Phi) is 2.89. The van der Waals surface area contributed by atoms with Gasteiger partial charge >= 0.3 is 0 Å². The third kappa shape index (κ3) is 1.92. The molecule has 0 N–H and O–H groups in total. The van der Waals surface area contributed by atoms with E-state index in [4.69, 9.17) is 4.42 Å². The predicted octanol–water partition coefficient (Wildman–Crippen LogP) is 4.97. The summed E-state index contributed by atoms with van der Waals surface area (Å²) in [5, 5.41) is 1.18. The van der Waals surface area contributed by atoms with E-state index in [9.17, 15) is 0 Å². The first-order valence-electron chi connectivity index (χ1n) is 6.42. The zero-order valence-electron chi connectivity index (χ0n) is 10.5. The van der Waals surface area contributed by atoms with Crippen LogP contribution in [-0.2, 0) is 0 Å². The van der Waals surface area contributed by atoms with E-state index < -0.39 is 0 Å². The molecule has 1 aromatic heterocycles. The van der Waals surface area contributed by atoms with Gasteiger partial charge in [-0.3, -0.25) is 0 Å². The van der Waals surface area contributed by atoms with E-state index in [1.165, 1.54) is 10.9 Å². The Labute approximate surface area is 107 Å². The number of hydrogen-bond donors (Lipinski definition) is 0. The predicted molar refractivity (Wildman–Crippen MR) is 74.8 cm³/mol. The van der Waals surface area contributed by atoms with Gasteiger partial charge in [-0.25, -0.2) is 0 Å². The summed E-state index contributed by atoms with van der Waals surface area (Å²) in [6.45, 7) is 2.20. The molecule has 3 aromatic rings. The van der Waals surface area contributed by atoms with Gasteiger partial charge in [0, 0.05) is 11.3 Å². The van der Waals surface area contributed by atoms with Gasteiger partial charge in [-0.15, -0.1) is 0 Å². The number of para-hydroxylation sites is 1. The number of benzene rings is 2. The van der Waals surface area contributed by atoms with E-state index in [1.54, 1.807) is 0 Å². The summed E-state index contributed by atoms with van der Waals surface area (Å²) in [4.78, 5) is 0.